The number of nitrogens with one attached hydrogen (secondary N) is 1. The minimum atomic E-state index is -0.398. The second-order valence-electron chi connectivity index (χ2n) is 7.63. The third-order valence-corrected chi connectivity index (χ3v) is 5.36. The highest BCUT2D eigenvalue weighted by Gasteiger charge is 2.24. The first-order valence-electron chi connectivity index (χ1n) is 10.7. The first-order chi connectivity index (χ1) is 15.1. The van der Waals surface area contributed by atoms with Gasteiger partial charge in [-0.3, -0.25) is 9.36 Å². The molecular formula is C24H26FN5O. The average molecular weight is 420 g/mol. The Bertz CT molecular complexity index is 1230. The van der Waals surface area contributed by atoms with Crippen LogP contribution in [0, 0.1) is 5.82 Å². The number of hydrogen-bond donors (Lipinski definition) is 2. The molecule has 0 aliphatic rings. The van der Waals surface area contributed by atoms with Crippen molar-refractivity contribution in [2.45, 2.75) is 39.0 Å². The summed E-state index contributed by atoms with van der Waals surface area (Å²) in [4.78, 5) is 22.4. The molecular weight excluding hydrogens is 393 g/mol. The molecule has 6 nitrogen and oxygen atoms in total. The number of nitrogens with zero attached hydrogens (tertiary/aromatic N) is 3. The molecule has 2 heterocycles. The number of para-hydroxylation sites is 2. The number of carbonyl (C=O) groups is 1. The van der Waals surface area contributed by atoms with Crippen LogP contribution < -0.4 is 11.1 Å². The highest BCUT2D eigenvalue weighted by atomic mass is 19.1. The van der Waals surface area contributed by atoms with E-state index >= 15 is 0 Å². The summed E-state index contributed by atoms with van der Waals surface area (Å²) in [5.41, 5.74) is 9.37. The average Bonchev–Trinajstić information content (AvgIpc) is 3.05. The Kier molecular flexibility index (Phi) is 6.11. The van der Waals surface area contributed by atoms with Gasteiger partial charge in [-0.2, -0.15) is 0 Å². The van der Waals surface area contributed by atoms with Gasteiger partial charge in [-0.05, 0) is 36.8 Å². The zero-order chi connectivity index (χ0) is 21.8. The van der Waals surface area contributed by atoms with Crippen LogP contribution in [0.1, 0.15) is 49.4 Å². The smallest absolute Gasteiger partial charge is 0.257 e. The number of fused-ring (bicyclic) bond motifs is 2. The minimum absolute atomic E-state index is 0.194. The van der Waals surface area contributed by atoms with Crippen LogP contribution in [-0.2, 0) is 0 Å². The Hall–Kier alpha value is -3.48. The molecule has 0 atom stereocenters. The minimum Gasteiger partial charge on any atom is -0.384 e. The summed E-state index contributed by atoms with van der Waals surface area (Å²) in [7, 11) is 0. The zero-order valence-electron chi connectivity index (χ0n) is 17.6. The predicted octanol–water partition coefficient (Wildman–Crippen LogP) is 5.00. The molecule has 0 aliphatic carbocycles. The van der Waals surface area contributed by atoms with Crippen molar-refractivity contribution in [3.05, 3.63) is 59.9 Å². The van der Waals surface area contributed by atoms with Gasteiger partial charge in [0, 0.05) is 6.54 Å². The number of hydrogen-bond acceptors (Lipinski definition) is 4. The lowest BCUT2D eigenvalue weighted by atomic mass is 10.1. The zero-order valence-corrected chi connectivity index (χ0v) is 17.6. The Morgan fingerprint density at radius 2 is 1.77 bits per heavy atom. The van der Waals surface area contributed by atoms with Crippen molar-refractivity contribution >= 4 is 33.9 Å². The molecule has 4 aromatic rings. The van der Waals surface area contributed by atoms with Crippen molar-refractivity contribution in [3.8, 4) is 5.69 Å². The molecule has 1 amide bonds. The highest BCUT2D eigenvalue weighted by molar-refractivity contribution is 6.11. The predicted molar refractivity (Wildman–Crippen MR) is 122 cm³/mol. The van der Waals surface area contributed by atoms with Gasteiger partial charge in [0.05, 0.1) is 16.7 Å². The molecule has 0 unspecified atom stereocenters. The fraction of sp³-hybridized carbons (Fsp3) is 0.292. The van der Waals surface area contributed by atoms with Crippen LogP contribution in [0.15, 0.2) is 48.5 Å². The number of benzene rings is 2. The van der Waals surface area contributed by atoms with E-state index in [-0.39, 0.29) is 17.3 Å². The Morgan fingerprint density at radius 1 is 1.03 bits per heavy atom. The summed E-state index contributed by atoms with van der Waals surface area (Å²) >= 11 is 0. The number of anilines is 1. The van der Waals surface area contributed by atoms with Crippen molar-refractivity contribution in [1.29, 1.82) is 0 Å². The first kappa shape index (κ1) is 20.8. The second-order valence-corrected chi connectivity index (χ2v) is 7.63. The maximum absolute atomic E-state index is 13.9. The van der Waals surface area contributed by atoms with Crippen molar-refractivity contribution in [2.75, 3.05) is 12.3 Å². The van der Waals surface area contributed by atoms with E-state index in [1.807, 2.05) is 24.3 Å². The van der Waals surface area contributed by atoms with E-state index in [4.69, 9.17) is 10.7 Å². The van der Waals surface area contributed by atoms with Gasteiger partial charge < -0.3 is 11.1 Å². The van der Waals surface area contributed by atoms with Gasteiger partial charge in [-0.1, -0.05) is 50.8 Å². The molecule has 4 rings (SSSR count). The van der Waals surface area contributed by atoms with Gasteiger partial charge in [-0.25, -0.2) is 14.4 Å². The number of aromatic nitrogens is 3. The van der Waals surface area contributed by atoms with Gasteiger partial charge in [0.25, 0.3) is 5.91 Å². The standard InChI is InChI=1S/C24H26FN5O/c1-2-3-4-5-8-14-27-24(31)20-21-23(29-19-13-7-6-12-18(19)28-21)30(22(20)26)17-11-9-10-16(25)15-17/h6-7,9-13,15H,2-5,8,14,26H2,1H3,(H,27,31). The number of amides is 1. The second kappa shape index (κ2) is 9.12. The molecule has 0 aliphatic heterocycles. The van der Waals surface area contributed by atoms with Crippen molar-refractivity contribution in [3.63, 3.8) is 0 Å². The summed E-state index contributed by atoms with van der Waals surface area (Å²) in [5.74, 6) is -0.498. The van der Waals surface area contributed by atoms with Crippen LogP contribution in [-0.4, -0.2) is 27.0 Å². The van der Waals surface area contributed by atoms with E-state index in [9.17, 15) is 9.18 Å². The van der Waals surface area contributed by atoms with Gasteiger partial charge in [0.2, 0.25) is 0 Å². The topological polar surface area (TPSA) is 85.8 Å². The quantitative estimate of drug-likeness (QED) is 0.394. The summed E-state index contributed by atoms with van der Waals surface area (Å²) in [6, 6.07) is 13.5. The summed E-state index contributed by atoms with van der Waals surface area (Å²) < 4.78 is 15.5. The van der Waals surface area contributed by atoms with Crippen LogP contribution in [0.2, 0.25) is 0 Å². The molecule has 0 saturated carbocycles. The molecule has 0 saturated heterocycles. The van der Waals surface area contributed by atoms with Crippen LogP contribution >= 0.6 is 0 Å². The number of nitrogen functional groups attached to an aromatic ring is 1. The third-order valence-electron chi connectivity index (χ3n) is 5.36. The van der Waals surface area contributed by atoms with Gasteiger partial charge in [0.1, 0.15) is 22.7 Å². The van der Waals surface area contributed by atoms with Crippen molar-refractivity contribution in [1.82, 2.24) is 19.9 Å². The first-order valence-corrected chi connectivity index (χ1v) is 10.7. The Morgan fingerprint density at radius 3 is 2.52 bits per heavy atom. The third kappa shape index (κ3) is 4.21. The molecule has 0 fully saturated rings. The Balaban J connectivity index is 1.76. The van der Waals surface area contributed by atoms with Crippen LogP contribution in [0.3, 0.4) is 0 Å². The van der Waals surface area contributed by atoms with E-state index in [0.29, 0.717) is 34.4 Å². The van der Waals surface area contributed by atoms with Gasteiger partial charge in [-0.15, -0.1) is 0 Å². The molecule has 160 valence electrons. The van der Waals surface area contributed by atoms with Crippen LogP contribution in [0.25, 0.3) is 27.9 Å². The fourth-order valence-corrected chi connectivity index (χ4v) is 3.78. The van der Waals surface area contributed by atoms with Crippen molar-refractivity contribution < 1.29 is 9.18 Å². The summed E-state index contributed by atoms with van der Waals surface area (Å²) in [6.45, 7) is 2.74. The summed E-state index contributed by atoms with van der Waals surface area (Å²) in [6.07, 6.45) is 5.51. The fourth-order valence-electron chi connectivity index (χ4n) is 3.78. The molecule has 7 heteroatoms. The Labute approximate surface area is 180 Å². The highest BCUT2D eigenvalue weighted by Crippen LogP contribution is 2.31. The number of rotatable bonds is 8. The number of nitrogens with two attached hydrogens (primary N) is 1. The van der Waals surface area contributed by atoms with E-state index in [1.165, 1.54) is 25.0 Å². The molecule has 0 spiro atoms. The molecule has 0 bridgehead atoms. The van der Waals surface area contributed by atoms with Crippen molar-refractivity contribution in [2.24, 2.45) is 0 Å². The molecule has 3 N–H and O–H groups in total. The lowest BCUT2D eigenvalue weighted by molar-refractivity contribution is 0.0955. The normalized spacial score (nSPS) is 11.3. The van der Waals surface area contributed by atoms with E-state index in [1.54, 1.807) is 16.7 Å². The molecule has 2 aromatic heterocycles. The number of halogens is 1. The van der Waals surface area contributed by atoms with E-state index in [2.05, 4.69) is 17.2 Å². The van der Waals surface area contributed by atoms with E-state index in [0.717, 1.165) is 19.3 Å². The maximum Gasteiger partial charge on any atom is 0.257 e. The van der Waals surface area contributed by atoms with Crippen LogP contribution in [0.4, 0.5) is 10.2 Å². The summed E-state index contributed by atoms with van der Waals surface area (Å²) in [5, 5.41) is 2.96. The van der Waals surface area contributed by atoms with Gasteiger partial charge >= 0.3 is 0 Å². The molecule has 0 radical (unpaired) electrons. The largest absolute Gasteiger partial charge is 0.384 e. The number of unbranched alkanes of at least 4 members (excludes halogenated alkanes) is 4. The van der Waals surface area contributed by atoms with E-state index < -0.39 is 5.82 Å². The number of carbonyl (C=O) groups excluding carboxylic acids is 1. The van der Waals surface area contributed by atoms with Crippen LogP contribution in [0.5, 0.6) is 0 Å². The lowest BCUT2D eigenvalue weighted by Crippen LogP contribution is -2.25. The lowest BCUT2D eigenvalue weighted by Gasteiger charge is -2.08. The molecule has 31 heavy (non-hydrogen) atoms. The molecule has 2 aromatic carbocycles. The van der Waals surface area contributed by atoms with Gasteiger partial charge in [0.15, 0.2) is 5.65 Å². The maximum atomic E-state index is 13.9. The monoisotopic (exact) mass is 419 g/mol. The SMILES string of the molecule is CCCCCCCNC(=O)c1c(N)n(-c2cccc(F)c2)c2nc3ccccc3nc12.